The molecule has 4 heterocycles. The number of aromatic nitrogens is 2. The number of fused-ring (bicyclic) bond motifs is 2. The number of carbonyl (C=O) groups is 1. The number of hydrogen-bond acceptors (Lipinski definition) is 5. The van der Waals surface area contributed by atoms with Gasteiger partial charge in [-0.1, -0.05) is 0 Å². The number of amides is 1. The Morgan fingerprint density at radius 2 is 1.83 bits per heavy atom. The Labute approximate surface area is 142 Å². The molecule has 7 heteroatoms. The average Bonchev–Trinajstić information content (AvgIpc) is 3.15. The summed E-state index contributed by atoms with van der Waals surface area (Å²) in [6.07, 6.45) is 7.97. The van der Waals surface area contributed by atoms with Gasteiger partial charge in [-0.05, 0) is 31.7 Å². The van der Waals surface area contributed by atoms with Crippen molar-refractivity contribution in [3.8, 4) is 0 Å². The van der Waals surface area contributed by atoms with Gasteiger partial charge in [-0.3, -0.25) is 9.58 Å². The van der Waals surface area contributed by atoms with Gasteiger partial charge in [-0.15, -0.1) is 0 Å². The van der Waals surface area contributed by atoms with Crippen LogP contribution in [0.3, 0.4) is 0 Å². The predicted molar refractivity (Wildman–Crippen MR) is 87.7 cm³/mol. The van der Waals surface area contributed by atoms with Crippen molar-refractivity contribution in [1.29, 1.82) is 0 Å². The molecular weight excluding hydrogens is 308 g/mol. The maximum Gasteiger partial charge on any atom is 0.410 e. The van der Waals surface area contributed by atoms with E-state index >= 15 is 0 Å². The fraction of sp³-hybridized carbons (Fsp3) is 0.765. The number of morpholine rings is 1. The number of likely N-dealkylation sites (tertiary alicyclic amines) is 1. The molecule has 3 fully saturated rings. The van der Waals surface area contributed by atoms with Gasteiger partial charge in [0.1, 0.15) is 0 Å². The fourth-order valence-corrected chi connectivity index (χ4v) is 4.60. The standard InChI is InChI=1S/C17H26N4O3/c1-23-17(22)21-15-9-14(10-16(21)12-24-11-15)19-7-3-13(4-8-19)20-6-2-5-18-20/h2,5-6,13-16H,3-4,7-12H2,1H3. The monoisotopic (exact) mass is 334 g/mol. The summed E-state index contributed by atoms with van der Waals surface area (Å²) in [5, 5.41) is 4.39. The summed E-state index contributed by atoms with van der Waals surface area (Å²) in [4.78, 5) is 16.6. The van der Waals surface area contributed by atoms with E-state index in [-0.39, 0.29) is 18.2 Å². The van der Waals surface area contributed by atoms with Crippen LogP contribution >= 0.6 is 0 Å². The molecule has 0 saturated carbocycles. The van der Waals surface area contributed by atoms with Crippen LogP contribution < -0.4 is 0 Å². The first-order chi connectivity index (χ1) is 11.8. The third-order valence-electron chi connectivity index (χ3n) is 5.80. The maximum atomic E-state index is 12.1. The molecule has 7 nitrogen and oxygen atoms in total. The van der Waals surface area contributed by atoms with E-state index in [9.17, 15) is 4.79 Å². The summed E-state index contributed by atoms with van der Waals surface area (Å²) in [6.45, 7) is 3.47. The quantitative estimate of drug-likeness (QED) is 0.821. The van der Waals surface area contributed by atoms with Gasteiger partial charge in [0.05, 0.1) is 38.4 Å². The van der Waals surface area contributed by atoms with Gasteiger partial charge in [0, 0.05) is 31.5 Å². The molecular formula is C17H26N4O3. The first kappa shape index (κ1) is 15.9. The lowest BCUT2D eigenvalue weighted by atomic mass is 9.88. The van der Waals surface area contributed by atoms with Crippen LogP contribution in [0.5, 0.6) is 0 Å². The molecule has 1 amide bonds. The van der Waals surface area contributed by atoms with Crippen LogP contribution in [0.1, 0.15) is 31.7 Å². The van der Waals surface area contributed by atoms with Crippen LogP contribution in [0, 0.1) is 0 Å². The Hall–Kier alpha value is -1.60. The van der Waals surface area contributed by atoms with E-state index in [2.05, 4.69) is 20.9 Å². The number of hydrogen-bond donors (Lipinski definition) is 0. The second kappa shape index (κ2) is 6.72. The van der Waals surface area contributed by atoms with Gasteiger partial charge in [0.15, 0.2) is 0 Å². The lowest BCUT2D eigenvalue weighted by Crippen LogP contribution is -2.62. The summed E-state index contributed by atoms with van der Waals surface area (Å²) >= 11 is 0. The van der Waals surface area contributed by atoms with Crippen molar-refractivity contribution >= 4 is 6.09 Å². The maximum absolute atomic E-state index is 12.1. The molecule has 1 aromatic rings. The van der Waals surface area contributed by atoms with Crippen molar-refractivity contribution in [1.82, 2.24) is 19.6 Å². The molecule has 3 aliphatic heterocycles. The van der Waals surface area contributed by atoms with E-state index < -0.39 is 0 Å². The third-order valence-corrected chi connectivity index (χ3v) is 5.80. The Morgan fingerprint density at radius 1 is 1.12 bits per heavy atom. The molecule has 0 radical (unpaired) electrons. The average molecular weight is 334 g/mol. The van der Waals surface area contributed by atoms with Crippen molar-refractivity contribution in [3.05, 3.63) is 18.5 Å². The third kappa shape index (κ3) is 2.91. The summed E-state index contributed by atoms with van der Waals surface area (Å²) in [5.41, 5.74) is 0. The number of rotatable bonds is 2. The SMILES string of the molecule is COC(=O)N1C2COCC1CC(N1CCC(n3cccn3)CC1)C2. The number of methoxy groups -OCH3 is 1. The lowest BCUT2D eigenvalue weighted by Gasteiger charge is -2.50. The molecule has 0 N–H and O–H groups in total. The Bertz CT molecular complexity index is 542. The first-order valence-corrected chi connectivity index (χ1v) is 8.93. The number of ether oxygens (including phenoxy) is 2. The van der Waals surface area contributed by atoms with E-state index in [4.69, 9.17) is 9.47 Å². The normalized spacial score (nSPS) is 31.9. The van der Waals surface area contributed by atoms with Crippen LogP contribution in [0.2, 0.25) is 0 Å². The molecule has 2 atom stereocenters. The molecule has 0 aromatic carbocycles. The topological polar surface area (TPSA) is 59.8 Å². The summed E-state index contributed by atoms with van der Waals surface area (Å²) in [6, 6.07) is 3.37. The zero-order valence-corrected chi connectivity index (χ0v) is 14.2. The van der Waals surface area contributed by atoms with Gasteiger partial charge in [0.25, 0.3) is 0 Å². The molecule has 3 saturated heterocycles. The van der Waals surface area contributed by atoms with E-state index in [1.165, 1.54) is 7.11 Å². The molecule has 0 aliphatic carbocycles. The van der Waals surface area contributed by atoms with E-state index in [0.717, 1.165) is 38.8 Å². The van der Waals surface area contributed by atoms with Gasteiger partial charge < -0.3 is 14.4 Å². The lowest BCUT2D eigenvalue weighted by molar-refractivity contribution is -0.0858. The van der Waals surface area contributed by atoms with Gasteiger partial charge in [0.2, 0.25) is 0 Å². The number of nitrogens with zero attached hydrogens (tertiary/aromatic N) is 4. The molecule has 0 spiro atoms. The highest BCUT2D eigenvalue weighted by atomic mass is 16.5. The smallest absolute Gasteiger partial charge is 0.410 e. The van der Waals surface area contributed by atoms with Gasteiger partial charge in [-0.2, -0.15) is 5.10 Å². The minimum Gasteiger partial charge on any atom is -0.453 e. The molecule has 1 aromatic heterocycles. The summed E-state index contributed by atoms with van der Waals surface area (Å²) < 4.78 is 12.8. The Kier molecular flexibility index (Phi) is 4.45. The fourth-order valence-electron chi connectivity index (χ4n) is 4.60. The van der Waals surface area contributed by atoms with E-state index in [1.807, 2.05) is 17.2 Å². The predicted octanol–water partition coefficient (Wildman–Crippen LogP) is 1.52. The zero-order chi connectivity index (χ0) is 16.5. The van der Waals surface area contributed by atoms with E-state index in [0.29, 0.717) is 25.3 Å². The zero-order valence-electron chi connectivity index (χ0n) is 14.2. The molecule has 4 rings (SSSR count). The Balaban J connectivity index is 1.38. The van der Waals surface area contributed by atoms with Crippen LogP contribution in [-0.2, 0) is 9.47 Å². The highest BCUT2D eigenvalue weighted by Gasteiger charge is 2.44. The van der Waals surface area contributed by atoms with Crippen molar-refractivity contribution in [2.24, 2.45) is 0 Å². The molecule has 24 heavy (non-hydrogen) atoms. The molecule has 2 unspecified atom stereocenters. The minimum atomic E-state index is -0.204. The second-order valence-corrected chi connectivity index (χ2v) is 7.10. The van der Waals surface area contributed by atoms with Gasteiger partial charge >= 0.3 is 6.09 Å². The number of piperidine rings is 2. The molecule has 132 valence electrons. The molecule has 3 aliphatic rings. The van der Waals surface area contributed by atoms with Crippen LogP contribution in [0.4, 0.5) is 4.79 Å². The van der Waals surface area contributed by atoms with Crippen LogP contribution in [-0.4, -0.2) is 77.2 Å². The molecule has 2 bridgehead atoms. The van der Waals surface area contributed by atoms with Crippen LogP contribution in [0.25, 0.3) is 0 Å². The van der Waals surface area contributed by atoms with Crippen molar-refractivity contribution in [2.75, 3.05) is 33.4 Å². The highest BCUT2D eigenvalue weighted by Crippen LogP contribution is 2.33. The summed E-state index contributed by atoms with van der Waals surface area (Å²) in [5.74, 6) is 0. The largest absolute Gasteiger partial charge is 0.453 e. The second-order valence-electron chi connectivity index (χ2n) is 7.10. The minimum absolute atomic E-state index is 0.152. The van der Waals surface area contributed by atoms with Crippen LogP contribution in [0.15, 0.2) is 18.5 Å². The van der Waals surface area contributed by atoms with Gasteiger partial charge in [-0.25, -0.2) is 4.79 Å². The van der Waals surface area contributed by atoms with Crippen molar-refractivity contribution in [2.45, 2.75) is 49.9 Å². The Morgan fingerprint density at radius 3 is 2.42 bits per heavy atom. The highest BCUT2D eigenvalue weighted by molar-refractivity contribution is 5.68. The first-order valence-electron chi connectivity index (χ1n) is 8.93. The summed E-state index contributed by atoms with van der Waals surface area (Å²) in [7, 11) is 1.46. The van der Waals surface area contributed by atoms with Crippen molar-refractivity contribution in [3.63, 3.8) is 0 Å². The number of carbonyl (C=O) groups excluding carboxylic acids is 1. The van der Waals surface area contributed by atoms with E-state index in [1.54, 1.807) is 0 Å². The van der Waals surface area contributed by atoms with Crippen molar-refractivity contribution < 1.29 is 14.3 Å².